The quantitative estimate of drug-likeness (QED) is 0.415. The van der Waals surface area contributed by atoms with Crippen molar-refractivity contribution in [1.82, 2.24) is 14.3 Å². The van der Waals surface area contributed by atoms with Crippen LogP contribution in [-0.4, -0.2) is 26.9 Å². The molecule has 0 saturated heterocycles. The van der Waals surface area contributed by atoms with Crippen LogP contribution in [0.5, 0.6) is 0 Å². The Morgan fingerprint density at radius 3 is 2.69 bits per heavy atom. The van der Waals surface area contributed by atoms with Crippen LogP contribution in [0.15, 0.2) is 41.3 Å². The number of hydrogen-bond donors (Lipinski definition) is 0. The number of benzene rings is 1. The second kappa shape index (κ2) is 9.39. The van der Waals surface area contributed by atoms with E-state index in [1.54, 1.807) is 30.5 Å². The van der Waals surface area contributed by atoms with Crippen molar-refractivity contribution in [2.45, 2.75) is 39.3 Å². The maximum atomic E-state index is 12.3. The van der Waals surface area contributed by atoms with Gasteiger partial charge in [-0.1, -0.05) is 36.7 Å². The number of carbonyl (C=O) groups excluding carboxylic acids is 1. The zero-order chi connectivity index (χ0) is 20.8. The van der Waals surface area contributed by atoms with E-state index in [0.717, 1.165) is 6.42 Å². The zero-order valence-electron chi connectivity index (χ0n) is 16.1. The van der Waals surface area contributed by atoms with Gasteiger partial charge in [0.15, 0.2) is 5.65 Å². The highest BCUT2D eigenvalue weighted by Crippen LogP contribution is 2.24. The molecule has 0 aliphatic heterocycles. The number of aryl methyl sites for hydroxylation is 2. The molecule has 0 spiro atoms. The minimum atomic E-state index is -0.386. The number of nitriles is 1. The molecule has 8 heteroatoms. The SMILES string of the molecule is CCCn1nc2c(c(C#N)cn2CCCCOC(=O)c2ccccc2)c(Cl)c1=O. The second-order valence-electron chi connectivity index (χ2n) is 6.60. The number of nitrogens with zero attached hydrogens (tertiary/aromatic N) is 4. The molecule has 0 atom stereocenters. The van der Waals surface area contributed by atoms with E-state index in [9.17, 15) is 14.9 Å². The molecule has 2 heterocycles. The van der Waals surface area contributed by atoms with Gasteiger partial charge in [-0.15, -0.1) is 0 Å². The van der Waals surface area contributed by atoms with Gasteiger partial charge in [0.25, 0.3) is 5.56 Å². The van der Waals surface area contributed by atoms with Crippen molar-refractivity contribution in [3.05, 3.63) is 63.0 Å². The summed E-state index contributed by atoms with van der Waals surface area (Å²) in [5, 5.41) is 14.2. The highest BCUT2D eigenvalue weighted by Gasteiger charge is 2.18. The lowest BCUT2D eigenvalue weighted by molar-refractivity contribution is 0.0497. The first-order valence-electron chi connectivity index (χ1n) is 9.48. The third-order valence-electron chi connectivity index (χ3n) is 4.50. The lowest BCUT2D eigenvalue weighted by Crippen LogP contribution is -2.24. The van der Waals surface area contributed by atoms with Crippen LogP contribution in [0.1, 0.15) is 42.1 Å². The molecule has 0 saturated carbocycles. The van der Waals surface area contributed by atoms with E-state index in [2.05, 4.69) is 11.2 Å². The lowest BCUT2D eigenvalue weighted by atomic mass is 10.2. The summed E-state index contributed by atoms with van der Waals surface area (Å²) in [4.78, 5) is 24.3. The predicted octanol–water partition coefficient (Wildman–Crippen LogP) is 3.77. The first kappa shape index (κ1) is 20.6. The average Bonchev–Trinajstić information content (AvgIpc) is 3.09. The highest BCUT2D eigenvalue weighted by atomic mass is 35.5. The monoisotopic (exact) mass is 412 g/mol. The minimum Gasteiger partial charge on any atom is -0.462 e. The fourth-order valence-electron chi connectivity index (χ4n) is 3.07. The molecule has 0 unspecified atom stereocenters. The Morgan fingerprint density at radius 1 is 1.24 bits per heavy atom. The molecule has 0 amide bonds. The van der Waals surface area contributed by atoms with Crippen LogP contribution < -0.4 is 5.56 Å². The molecule has 0 radical (unpaired) electrons. The normalized spacial score (nSPS) is 10.8. The summed E-state index contributed by atoms with van der Waals surface area (Å²) in [5.74, 6) is -0.346. The Balaban J connectivity index is 1.68. The molecular formula is C21H21ClN4O3. The first-order valence-corrected chi connectivity index (χ1v) is 9.86. The lowest BCUT2D eigenvalue weighted by Gasteiger charge is -2.08. The Hall–Kier alpha value is -3.11. The molecule has 29 heavy (non-hydrogen) atoms. The number of rotatable bonds is 8. The second-order valence-corrected chi connectivity index (χ2v) is 6.98. The van der Waals surface area contributed by atoms with Gasteiger partial charge < -0.3 is 9.30 Å². The summed E-state index contributed by atoms with van der Waals surface area (Å²) in [5.41, 5.74) is 0.980. The number of halogens is 1. The predicted molar refractivity (Wildman–Crippen MR) is 110 cm³/mol. The molecule has 7 nitrogen and oxygen atoms in total. The number of esters is 1. The van der Waals surface area contributed by atoms with Crippen LogP contribution >= 0.6 is 11.6 Å². The number of fused-ring (bicyclic) bond motifs is 1. The third-order valence-corrected chi connectivity index (χ3v) is 4.85. The van der Waals surface area contributed by atoms with Gasteiger partial charge in [-0.2, -0.15) is 10.4 Å². The Bertz CT molecular complexity index is 1110. The van der Waals surface area contributed by atoms with Gasteiger partial charge >= 0.3 is 5.97 Å². The van der Waals surface area contributed by atoms with E-state index < -0.39 is 0 Å². The molecule has 0 aliphatic carbocycles. The molecule has 0 N–H and O–H groups in total. The number of ether oxygens (including phenoxy) is 1. The van der Waals surface area contributed by atoms with Gasteiger partial charge in [0.2, 0.25) is 0 Å². The number of carbonyl (C=O) groups is 1. The van der Waals surface area contributed by atoms with Crippen LogP contribution in [0.2, 0.25) is 5.02 Å². The van der Waals surface area contributed by atoms with E-state index >= 15 is 0 Å². The standard InChI is InChI=1S/C21H21ClN4O3/c1-2-10-26-20(27)18(22)17-16(13-23)14-25(19(17)24-26)11-6-7-12-29-21(28)15-8-4-3-5-9-15/h3-5,8-9,14H,2,6-7,10-12H2,1H3. The van der Waals surface area contributed by atoms with Gasteiger partial charge in [-0.05, 0) is 31.4 Å². The zero-order valence-corrected chi connectivity index (χ0v) is 16.9. The summed E-state index contributed by atoms with van der Waals surface area (Å²) in [7, 11) is 0. The first-order chi connectivity index (χ1) is 14.1. The smallest absolute Gasteiger partial charge is 0.338 e. The summed E-state index contributed by atoms with van der Waals surface area (Å²) >= 11 is 6.25. The summed E-state index contributed by atoms with van der Waals surface area (Å²) in [6, 6.07) is 10.9. The number of hydrogen-bond acceptors (Lipinski definition) is 5. The molecule has 3 rings (SSSR count). The van der Waals surface area contributed by atoms with Crippen molar-refractivity contribution < 1.29 is 9.53 Å². The van der Waals surface area contributed by atoms with Crippen LogP contribution in [0, 0.1) is 11.3 Å². The van der Waals surface area contributed by atoms with Crippen LogP contribution in [0.25, 0.3) is 11.0 Å². The van der Waals surface area contributed by atoms with Crippen molar-refractivity contribution >= 4 is 28.6 Å². The fraction of sp³-hybridized carbons (Fsp3) is 0.333. The molecule has 2 aromatic heterocycles. The van der Waals surface area contributed by atoms with E-state index in [1.165, 1.54) is 4.68 Å². The highest BCUT2D eigenvalue weighted by molar-refractivity contribution is 6.35. The number of aromatic nitrogens is 3. The van der Waals surface area contributed by atoms with Gasteiger partial charge in [-0.3, -0.25) is 4.79 Å². The van der Waals surface area contributed by atoms with E-state index in [-0.39, 0.29) is 16.6 Å². The molecule has 1 aromatic carbocycles. The summed E-state index contributed by atoms with van der Waals surface area (Å²) in [6.07, 6.45) is 3.77. The van der Waals surface area contributed by atoms with Crippen molar-refractivity contribution in [1.29, 1.82) is 5.26 Å². The maximum absolute atomic E-state index is 12.3. The molecule has 0 fully saturated rings. The third kappa shape index (κ3) is 4.49. The van der Waals surface area contributed by atoms with E-state index in [4.69, 9.17) is 16.3 Å². The molecule has 0 aliphatic rings. The van der Waals surface area contributed by atoms with Crippen LogP contribution in [0.4, 0.5) is 0 Å². The minimum absolute atomic E-state index is 0.0236. The van der Waals surface area contributed by atoms with Crippen LogP contribution in [-0.2, 0) is 17.8 Å². The Labute approximate surface area is 173 Å². The maximum Gasteiger partial charge on any atom is 0.338 e. The largest absolute Gasteiger partial charge is 0.462 e. The Kier molecular flexibility index (Phi) is 6.68. The fourth-order valence-corrected chi connectivity index (χ4v) is 3.36. The van der Waals surface area contributed by atoms with Crippen molar-refractivity contribution in [3.8, 4) is 6.07 Å². The molecular weight excluding hydrogens is 392 g/mol. The van der Waals surface area contributed by atoms with E-state index in [1.807, 2.05) is 17.6 Å². The number of unbranched alkanes of at least 4 members (excludes halogenated alkanes) is 1. The van der Waals surface area contributed by atoms with Gasteiger partial charge in [0.05, 0.1) is 23.1 Å². The van der Waals surface area contributed by atoms with Crippen LogP contribution in [0.3, 0.4) is 0 Å². The summed E-state index contributed by atoms with van der Waals surface area (Å²) in [6.45, 7) is 3.27. The molecule has 0 bridgehead atoms. The molecule has 150 valence electrons. The van der Waals surface area contributed by atoms with Gasteiger partial charge in [0, 0.05) is 19.3 Å². The van der Waals surface area contributed by atoms with Crippen molar-refractivity contribution in [2.24, 2.45) is 0 Å². The molecule has 3 aromatic rings. The summed E-state index contributed by atoms with van der Waals surface area (Å²) < 4.78 is 8.44. The van der Waals surface area contributed by atoms with Crippen molar-refractivity contribution in [3.63, 3.8) is 0 Å². The van der Waals surface area contributed by atoms with E-state index in [0.29, 0.717) is 54.7 Å². The van der Waals surface area contributed by atoms with Crippen molar-refractivity contribution in [2.75, 3.05) is 6.61 Å². The average molecular weight is 413 g/mol. The topological polar surface area (TPSA) is 89.9 Å². The Morgan fingerprint density at radius 2 is 2.00 bits per heavy atom. The van der Waals surface area contributed by atoms with Gasteiger partial charge in [0.1, 0.15) is 11.1 Å². The van der Waals surface area contributed by atoms with Gasteiger partial charge in [-0.25, -0.2) is 9.48 Å².